The highest BCUT2D eigenvalue weighted by atomic mass is 16.5. The zero-order valence-electron chi connectivity index (χ0n) is 11.2. The minimum atomic E-state index is 0.169. The van der Waals surface area contributed by atoms with E-state index in [2.05, 4.69) is 12.1 Å². The molecule has 0 aliphatic heterocycles. The first kappa shape index (κ1) is 14.0. The first-order valence-electron chi connectivity index (χ1n) is 6.06. The third-order valence-corrected chi connectivity index (χ3v) is 2.35. The first-order valence-corrected chi connectivity index (χ1v) is 6.06. The van der Waals surface area contributed by atoms with Gasteiger partial charge in [-0.05, 0) is 44.9 Å². The topological polar surface area (TPSA) is 44.5 Å². The minimum absolute atomic E-state index is 0.169. The van der Waals surface area contributed by atoms with Crippen LogP contribution in [0.3, 0.4) is 0 Å². The Kier molecular flexibility index (Phi) is 5.45. The Labute approximate surface area is 104 Å². The van der Waals surface area contributed by atoms with Gasteiger partial charge in [0.15, 0.2) is 0 Å². The van der Waals surface area contributed by atoms with Gasteiger partial charge in [-0.3, -0.25) is 0 Å². The van der Waals surface area contributed by atoms with Crippen molar-refractivity contribution in [2.75, 3.05) is 7.11 Å². The van der Waals surface area contributed by atoms with E-state index in [0.717, 1.165) is 17.7 Å². The Morgan fingerprint density at radius 2 is 1.94 bits per heavy atom. The van der Waals surface area contributed by atoms with Gasteiger partial charge in [-0.15, -0.1) is 0 Å². The average Bonchev–Trinajstić information content (AvgIpc) is 2.21. The normalized spacial score (nSPS) is 12.8. The molecule has 0 aliphatic carbocycles. The van der Waals surface area contributed by atoms with Crippen molar-refractivity contribution in [3.63, 3.8) is 0 Å². The minimum Gasteiger partial charge on any atom is -0.491 e. The number of rotatable bonds is 6. The van der Waals surface area contributed by atoms with Gasteiger partial charge in [-0.25, -0.2) is 0 Å². The van der Waals surface area contributed by atoms with Gasteiger partial charge in [0.2, 0.25) is 0 Å². The molecule has 0 saturated heterocycles. The molecule has 1 atom stereocenters. The van der Waals surface area contributed by atoms with E-state index in [0.29, 0.717) is 6.61 Å². The van der Waals surface area contributed by atoms with Gasteiger partial charge in [0.25, 0.3) is 0 Å². The molecule has 1 aromatic carbocycles. The number of hydrogen-bond donors (Lipinski definition) is 1. The number of ether oxygens (including phenoxy) is 2. The van der Waals surface area contributed by atoms with Gasteiger partial charge in [0.05, 0.1) is 12.7 Å². The molecule has 0 bridgehead atoms. The second-order valence-electron chi connectivity index (χ2n) is 4.72. The summed E-state index contributed by atoms with van der Waals surface area (Å²) < 4.78 is 10.9. The van der Waals surface area contributed by atoms with Gasteiger partial charge in [0, 0.05) is 18.7 Å². The molecule has 0 heterocycles. The Bertz CT molecular complexity index is 348. The molecule has 0 saturated carbocycles. The van der Waals surface area contributed by atoms with Crippen LogP contribution in [0, 0.1) is 0 Å². The van der Waals surface area contributed by atoms with Crippen molar-refractivity contribution < 1.29 is 9.47 Å². The molecule has 1 unspecified atom stereocenters. The maximum absolute atomic E-state index is 5.80. The van der Waals surface area contributed by atoms with Gasteiger partial charge >= 0.3 is 0 Å². The van der Waals surface area contributed by atoms with E-state index >= 15 is 0 Å². The Morgan fingerprint density at radius 3 is 2.47 bits per heavy atom. The summed E-state index contributed by atoms with van der Waals surface area (Å²) in [6, 6.07) is 6.36. The lowest BCUT2D eigenvalue weighted by atomic mass is 10.0. The maximum Gasteiger partial charge on any atom is 0.125 e. The molecule has 96 valence electrons. The Morgan fingerprint density at radius 1 is 1.24 bits per heavy atom. The molecule has 3 nitrogen and oxygen atoms in total. The van der Waals surface area contributed by atoms with Crippen molar-refractivity contribution in [1.29, 1.82) is 0 Å². The second kappa shape index (κ2) is 6.62. The van der Waals surface area contributed by atoms with Crippen LogP contribution in [0.25, 0.3) is 0 Å². The molecule has 0 aliphatic rings. The van der Waals surface area contributed by atoms with Crippen molar-refractivity contribution in [2.45, 2.75) is 45.9 Å². The van der Waals surface area contributed by atoms with Gasteiger partial charge < -0.3 is 15.2 Å². The largest absolute Gasteiger partial charge is 0.491 e. The highest BCUT2D eigenvalue weighted by Crippen LogP contribution is 2.22. The van der Waals surface area contributed by atoms with Crippen molar-refractivity contribution in [3.05, 3.63) is 29.3 Å². The van der Waals surface area contributed by atoms with Crippen LogP contribution in [0.1, 0.15) is 31.9 Å². The predicted octanol–water partition coefficient (Wildman–Crippen LogP) is 2.51. The SMILES string of the molecule is COCc1cc(CC(C)N)ccc1OC(C)C. The fourth-order valence-corrected chi connectivity index (χ4v) is 1.77. The highest BCUT2D eigenvalue weighted by Gasteiger charge is 2.08. The van der Waals surface area contributed by atoms with E-state index < -0.39 is 0 Å². The van der Waals surface area contributed by atoms with E-state index in [-0.39, 0.29) is 12.1 Å². The van der Waals surface area contributed by atoms with Crippen molar-refractivity contribution in [3.8, 4) is 5.75 Å². The molecule has 0 amide bonds. The molecule has 0 fully saturated rings. The predicted molar refractivity (Wildman–Crippen MR) is 70.3 cm³/mol. The fourth-order valence-electron chi connectivity index (χ4n) is 1.77. The standard InChI is InChI=1S/C14H23NO2/c1-10(2)17-14-6-5-12(7-11(3)15)8-13(14)9-16-4/h5-6,8,10-11H,7,9,15H2,1-4H3. The zero-order chi connectivity index (χ0) is 12.8. The smallest absolute Gasteiger partial charge is 0.125 e. The van der Waals surface area contributed by atoms with E-state index in [1.54, 1.807) is 7.11 Å². The summed E-state index contributed by atoms with van der Waals surface area (Å²) >= 11 is 0. The van der Waals surface area contributed by atoms with E-state index in [9.17, 15) is 0 Å². The van der Waals surface area contributed by atoms with Crippen LogP contribution < -0.4 is 10.5 Å². The first-order chi connectivity index (χ1) is 8.02. The van der Waals surface area contributed by atoms with E-state index in [1.165, 1.54) is 5.56 Å². The summed E-state index contributed by atoms with van der Waals surface area (Å²) in [5.41, 5.74) is 8.11. The molecule has 0 aromatic heterocycles. The zero-order valence-corrected chi connectivity index (χ0v) is 11.2. The van der Waals surface area contributed by atoms with Crippen molar-refractivity contribution in [2.24, 2.45) is 5.73 Å². The highest BCUT2D eigenvalue weighted by molar-refractivity contribution is 5.37. The molecule has 3 heteroatoms. The van der Waals surface area contributed by atoms with Gasteiger partial charge in [0.1, 0.15) is 5.75 Å². The maximum atomic E-state index is 5.80. The fraction of sp³-hybridized carbons (Fsp3) is 0.571. The number of benzene rings is 1. The summed E-state index contributed by atoms with van der Waals surface area (Å²) in [6.07, 6.45) is 1.04. The van der Waals surface area contributed by atoms with Gasteiger partial charge in [-0.1, -0.05) is 6.07 Å². The Balaban J connectivity index is 2.90. The Hall–Kier alpha value is -1.06. The molecular weight excluding hydrogens is 214 g/mol. The summed E-state index contributed by atoms with van der Waals surface area (Å²) in [7, 11) is 1.69. The lowest BCUT2D eigenvalue weighted by molar-refractivity contribution is 0.174. The lowest BCUT2D eigenvalue weighted by Crippen LogP contribution is -2.18. The summed E-state index contributed by atoms with van der Waals surface area (Å²) in [4.78, 5) is 0. The van der Waals surface area contributed by atoms with Crippen LogP contribution in [-0.2, 0) is 17.8 Å². The van der Waals surface area contributed by atoms with Crippen LogP contribution in [0.2, 0.25) is 0 Å². The van der Waals surface area contributed by atoms with Crippen LogP contribution in [0.4, 0.5) is 0 Å². The van der Waals surface area contributed by atoms with Crippen molar-refractivity contribution in [1.82, 2.24) is 0 Å². The summed E-state index contributed by atoms with van der Waals surface area (Å²) in [6.45, 7) is 6.61. The van der Waals surface area contributed by atoms with Crippen LogP contribution >= 0.6 is 0 Å². The van der Waals surface area contributed by atoms with Crippen molar-refractivity contribution >= 4 is 0 Å². The molecule has 0 spiro atoms. The molecule has 0 radical (unpaired) electrons. The van der Waals surface area contributed by atoms with Crippen LogP contribution in [0.5, 0.6) is 5.75 Å². The number of nitrogens with two attached hydrogens (primary N) is 1. The van der Waals surface area contributed by atoms with Crippen LogP contribution in [-0.4, -0.2) is 19.3 Å². The molecule has 17 heavy (non-hydrogen) atoms. The molecule has 1 rings (SSSR count). The summed E-state index contributed by atoms with van der Waals surface area (Å²) in [5.74, 6) is 0.898. The van der Waals surface area contributed by atoms with Crippen LogP contribution in [0.15, 0.2) is 18.2 Å². The molecule has 2 N–H and O–H groups in total. The summed E-state index contributed by atoms with van der Waals surface area (Å²) in [5, 5.41) is 0. The van der Waals surface area contributed by atoms with E-state index in [1.807, 2.05) is 26.8 Å². The van der Waals surface area contributed by atoms with E-state index in [4.69, 9.17) is 15.2 Å². The lowest BCUT2D eigenvalue weighted by Gasteiger charge is -2.15. The average molecular weight is 237 g/mol. The molecular formula is C14H23NO2. The monoisotopic (exact) mass is 237 g/mol. The third-order valence-electron chi connectivity index (χ3n) is 2.35. The third kappa shape index (κ3) is 4.75. The van der Waals surface area contributed by atoms with Gasteiger partial charge in [-0.2, -0.15) is 0 Å². The number of methoxy groups -OCH3 is 1. The second-order valence-corrected chi connectivity index (χ2v) is 4.72. The number of hydrogen-bond acceptors (Lipinski definition) is 3. The quantitative estimate of drug-likeness (QED) is 0.826. The molecule has 1 aromatic rings.